The molecule has 0 fully saturated rings. The van der Waals surface area contributed by atoms with Gasteiger partial charge in [0.2, 0.25) is 5.91 Å². The molecule has 196 valence electrons. The summed E-state index contributed by atoms with van der Waals surface area (Å²) in [5, 5.41) is 0. The van der Waals surface area contributed by atoms with Gasteiger partial charge in [0.1, 0.15) is 11.4 Å². The third-order valence-electron chi connectivity index (χ3n) is 5.73. The summed E-state index contributed by atoms with van der Waals surface area (Å²) in [5.41, 5.74) is 1.89. The van der Waals surface area contributed by atoms with Crippen LogP contribution in [0.5, 0.6) is 0 Å². The van der Waals surface area contributed by atoms with Crippen molar-refractivity contribution < 1.29 is 32.2 Å². The monoisotopic (exact) mass is 517 g/mol. The summed E-state index contributed by atoms with van der Waals surface area (Å²) in [7, 11) is -0.904. The number of methoxy groups -OCH3 is 2. The minimum atomic E-state index is -3.94. The Kier molecular flexibility index (Phi) is 11.3. The number of amides is 1. The van der Waals surface area contributed by atoms with E-state index in [-0.39, 0.29) is 38.7 Å². The molecule has 0 radical (unpaired) electrons. The zero-order chi connectivity index (χ0) is 26.6. The predicted molar refractivity (Wildman–Crippen MR) is 139 cm³/mol. The van der Waals surface area contributed by atoms with Crippen molar-refractivity contribution in [3.05, 3.63) is 77.4 Å². The van der Waals surface area contributed by atoms with E-state index in [9.17, 15) is 18.0 Å². The van der Waals surface area contributed by atoms with Gasteiger partial charge in [-0.3, -0.25) is 4.79 Å². The van der Waals surface area contributed by atoms with E-state index in [4.69, 9.17) is 14.2 Å². The Balaban J connectivity index is 2.16. The second-order valence-corrected chi connectivity index (χ2v) is 11.2. The van der Waals surface area contributed by atoms with Gasteiger partial charge in [-0.25, -0.2) is 13.2 Å². The number of nitrogens with zero attached hydrogens (tertiary/aromatic N) is 1. The van der Waals surface area contributed by atoms with Crippen molar-refractivity contribution in [2.24, 2.45) is 0 Å². The zero-order valence-corrected chi connectivity index (χ0v) is 22.1. The second-order valence-electron chi connectivity index (χ2n) is 8.67. The quantitative estimate of drug-likeness (QED) is 0.280. The van der Waals surface area contributed by atoms with Crippen LogP contribution in [0.1, 0.15) is 30.5 Å². The number of sulfone groups is 1. The molecule has 9 heteroatoms. The summed E-state index contributed by atoms with van der Waals surface area (Å²) in [5.74, 6) is -1.43. The maximum absolute atomic E-state index is 13.4. The number of carbonyl (C=O) groups excluding carboxylic acids is 2. The van der Waals surface area contributed by atoms with Crippen molar-refractivity contribution in [2.45, 2.75) is 31.0 Å². The summed E-state index contributed by atoms with van der Waals surface area (Å²) in [6.07, 6.45) is 2.79. The Morgan fingerprint density at radius 3 is 2.11 bits per heavy atom. The minimum absolute atomic E-state index is 0.138. The van der Waals surface area contributed by atoms with Crippen molar-refractivity contribution in [3.63, 3.8) is 0 Å². The molecule has 1 amide bonds. The molecule has 0 aromatic heterocycles. The van der Waals surface area contributed by atoms with Gasteiger partial charge in [0.15, 0.2) is 9.84 Å². The normalized spacial score (nSPS) is 12.0. The average molecular weight is 518 g/mol. The highest BCUT2D eigenvalue weighted by atomic mass is 32.2. The Morgan fingerprint density at radius 1 is 0.917 bits per heavy atom. The topological polar surface area (TPSA) is 99.2 Å². The molecule has 0 atom stereocenters. The molecule has 0 spiro atoms. The molecule has 0 bridgehead atoms. The van der Waals surface area contributed by atoms with E-state index in [1.807, 2.05) is 30.3 Å². The highest BCUT2D eigenvalue weighted by molar-refractivity contribution is 7.92. The average Bonchev–Trinajstić information content (AvgIpc) is 2.87. The predicted octanol–water partition coefficient (Wildman–Crippen LogP) is 3.26. The molecule has 0 aliphatic carbocycles. The highest BCUT2D eigenvalue weighted by Gasteiger charge is 2.44. The lowest BCUT2D eigenvalue weighted by atomic mass is 10.1. The van der Waals surface area contributed by atoms with Crippen LogP contribution in [0.25, 0.3) is 6.08 Å². The molecule has 2 aromatic rings. The van der Waals surface area contributed by atoms with Crippen molar-refractivity contribution in [1.29, 1.82) is 0 Å². The molecule has 2 aromatic carbocycles. The van der Waals surface area contributed by atoms with E-state index in [0.29, 0.717) is 11.1 Å². The Labute approximate surface area is 213 Å². The first-order chi connectivity index (χ1) is 17.1. The summed E-state index contributed by atoms with van der Waals surface area (Å²) < 4.78 is 40.6. The van der Waals surface area contributed by atoms with E-state index in [1.165, 1.54) is 45.1 Å². The first-order valence-electron chi connectivity index (χ1n) is 11.6. The molecule has 36 heavy (non-hydrogen) atoms. The third-order valence-corrected chi connectivity index (χ3v) is 8.15. The van der Waals surface area contributed by atoms with Gasteiger partial charge in [-0.1, -0.05) is 54.6 Å². The Hall–Kier alpha value is -3.01. The number of rotatable bonds is 14. The number of benzene rings is 2. The third kappa shape index (κ3) is 8.29. The van der Waals surface area contributed by atoms with E-state index in [2.05, 4.69) is 0 Å². The van der Waals surface area contributed by atoms with Gasteiger partial charge in [-0.15, -0.1) is 0 Å². The SMILES string of the molecule is COCCN(CCOC)C(=O)C(C)(C)S(=O)(=O)Cc1ccccc1/C=C/C(=O)OCc1ccccc1. The number of ether oxygens (including phenoxy) is 3. The van der Waals surface area contributed by atoms with Crippen LogP contribution in [0, 0.1) is 0 Å². The highest BCUT2D eigenvalue weighted by Crippen LogP contribution is 2.26. The van der Waals surface area contributed by atoms with Crippen LogP contribution in [0.4, 0.5) is 0 Å². The van der Waals surface area contributed by atoms with E-state index in [1.54, 1.807) is 24.3 Å². The van der Waals surface area contributed by atoms with Crippen molar-refractivity contribution >= 4 is 27.8 Å². The maximum Gasteiger partial charge on any atom is 0.331 e. The van der Waals surface area contributed by atoms with Crippen LogP contribution in [0.15, 0.2) is 60.7 Å². The lowest BCUT2D eigenvalue weighted by Gasteiger charge is -2.31. The second kappa shape index (κ2) is 13.9. The summed E-state index contributed by atoms with van der Waals surface area (Å²) >= 11 is 0. The van der Waals surface area contributed by atoms with Crippen molar-refractivity contribution in [1.82, 2.24) is 4.90 Å². The molecule has 0 aliphatic heterocycles. The van der Waals surface area contributed by atoms with E-state index in [0.717, 1.165) is 5.56 Å². The number of esters is 1. The summed E-state index contributed by atoms with van der Waals surface area (Å²) in [6, 6.07) is 16.1. The van der Waals surface area contributed by atoms with Crippen LogP contribution in [-0.2, 0) is 46.0 Å². The molecule has 0 aliphatic rings. The number of hydrogen-bond donors (Lipinski definition) is 0. The molecule has 8 nitrogen and oxygen atoms in total. The zero-order valence-electron chi connectivity index (χ0n) is 21.3. The summed E-state index contributed by atoms with van der Waals surface area (Å²) in [4.78, 5) is 26.9. The first-order valence-corrected chi connectivity index (χ1v) is 13.2. The molecule has 0 saturated heterocycles. The molecule has 0 unspecified atom stereocenters. The molecule has 0 saturated carbocycles. The Bertz CT molecular complexity index is 1120. The lowest BCUT2D eigenvalue weighted by molar-refractivity contribution is -0.139. The molecule has 2 rings (SSSR count). The fourth-order valence-corrected chi connectivity index (χ4v) is 4.81. The largest absolute Gasteiger partial charge is 0.458 e. The van der Waals surface area contributed by atoms with Crippen LogP contribution in [-0.4, -0.2) is 70.5 Å². The van der Waals surface area contributed by atoms with Crippen LogP contribution < -0.4 is 0 Å². The molecule has 0 N–H and O–H groups in total. The van der Waals surface area contributed by atoms with Gasteiger partial charge in [0.05, 0.1) is 19.0 Å². The fourth-order valence-electron chi connectivity index (χ4n) is 3.38. The van der Waals surface area contributed by atoms with E-state index < -0.39 is 26.5 Å². The van der Waals surface area contributed by atoms with Gasteiger partial charge in [-0.05, 0) is 36.6 Å². The minimum Gasteiger partial charge on any atom is -0.458 e. The Morgan fingerprint density at radius 2 is 1.50 bits per heavy atom. The van der Waals surface area contributed by atoms with Crippen LogP contribution >= 0.6 is 0 Å². The van der Waals surface area contributed by atoms with Gasteiger partial charge >= 0.3 is 5.97 Å². The molecular formula is C27H35NO7S. The van der Waals surface area contributed by atoms with Crippen molar-refractivity contribution in [3.8, 4) is 0 Å². The standard InChI is InChI=1S/C27H35NO7S/c1-27(2,26(30)28(16-18-33-3)17-19-34-4)36(31,32)21-24-13-9-8-12-23(24)14-15-25(29)35-20-22-10-6-5-7-11-22/h5-15H,16-21H2,1-4H3/b15-14+. The van der Waals surface area contributed by atoms with Gasteiger partial charge in [-0.2, -0.15) is 0 Å². The maximum atomic E-state index is 13.4. The molecular weight excluding hydrogens is 482 g/mol. The van der Waals surface area contributed by atoms with Crippen molar-refractivity contribution in [2.75, 3.05) is 40.5 Å². The fraction of sp³-hybridized carbons (Fsp3) is 0.407. The van der Waals surface area contributed by atoms with Crippen LogP contribution in [0.2, 0.25) is 0 Å². The number of hydrogen-bond acceptors (Lipinski definition) is 7. The van der Waals surface area contributed by atoms with E-state index >= 15 is 0 Å². The first kappa shape index (κ1) is 29.2. The number of carbonyl (C=O) groups is 2. The molecule has 0 heterocycles. The van der Waals surface area contributed by atoms with Crippen LogP contribution in [0.3, 0.4) is 0 Å². The lowest BCUT2D eigenvalue weighted by Crippen LogP contribution is -2.52. The van der Waals surface area contributed by atoms with Gasteiger partial charge in [0, 0.05) is 33.4 Å². The van der Waals surface area contributed by atoms with Gasteiger partial charge < -0.3 is 19.1 Å². The summed E-state index contributed by atoms with van der Waals surface area (Å²) in [6.45, 7) is 4.02. The smallest absolute Gasteiger partial charge is 0.331 e. The van der Waals surface area contributed by atoms with Gasteiger partial charge in [0.25, 0.3) is 0 Å².